The number of anilines is 1. The first-order valence-electron chi connectivity index (χ1n) is 5.91. The maximum absolute atomic E-state index is 11.8. The van der Waals surface area contributed by atoms with Crippen LogP contribution in [0.15, 0.2) is 23.1 Å². The summed E-state index contributed by atoms with van der Waals surface area (Å²) in [6, 6.07) is 4.73. The summed E-state index contributed by atoms with van der Waals surface area (Å²) in [7, 11) is -2.41. The highest BCUT2D eigenvalue weighted by Gasteiger charge is 2.22. The minimum atomic E-state index is -3.66. The van der Waals surface area contributed by atoms with Crippen molar-refractivity contribution in [2.24, 2.45) is 0 Å². The summed E-state index contributed by atoms with van der Waals surface area (Å²) in [5.41, 5.74) is 1.65. The van der Waals surface area contributed by atoms with Crippen LogP contribution in [0, 0.1) is 0 Å². The fraction of sp³-hybridized carbons (Fsp3) is 0.417. The van der Waals surface area contributed by atoms with Gasteiger partial charge >= 0.3 is 0 Å². The molecular weight excluding hydrogens is 268 g/mol. The van der Waals surface area contributed by atoms with E-state index in [0.29, 0.717) is 6.54 Å². The maximum Gasteiger partial charge on any atom is 0.262 e. The maximum atomic E-state index is 11.8. The Morgan fingerprint density at radius 2 is 2.16 bits per heavy atom. The number of benzene rings is 1. The van der Waals surface area contributed by atoms with Gasteiger partial charge in [-0.1, -0.05) is 4.89 Å². The zero-order valence-corrected chi connectivity index (χ0v) is 11.7. The summed E-state index contributed by atoms with van der Waals surface area (Å²) in [5.74, 6) is -0.0356. The molecule has 7 heteroatoms. The van der Waals surface area contributed by atoms with Gasteiger partial charge in [-0.15, -0.1) is 0 Å². The van der Waals surface area contributed by atoms with Gasteiger partial charge in [0.05, 0.1) is 12.0 Å². The lowest BCUT2D eigenvalue weighted by molar-refractivity contribution is -0.116. The molecule has 0 aliphatic carbocycles. The zero-order chi connectivity index (χ0) is 14.0. The van der Waals surface area contributed by atoms with E-state index in [1.807, 2.05) is 4.89 Å². The SMILES string of the molecule is CONS(=O)(=O)c1ccc2c(c1)CCCN2C(C)=O. The van der Waals surface area contributed by atoms with E-state index in [9.17, 15) is 13.2 Å². The fourth-order valence-corrected chi connectivity index (χ4v) is 3.09. The van der Waals surface area contributed by atoms with Crippen molar-refractivity contribution in [1.82, 2.24) is 4.89 Å². The number of nitrogens with zero attached hydrogens (tertiary/aromatic N) is 1. The number of hydrogen-bond donors (Lipinski definition) is 1. The third-order valence-corrected chi connectivity index (χ3v) is 4.31. The molecule has 0 saturated carbocycles. The smallest absolute Gasteiger partial charge is 0.262 e. The van der Waals surface area contributed by atoms with Gasteiger partial charge in [-0.05, 0) is 36.6 Å². The van der Waals surface area contributed by atoms with Crippen LogP contribution >= 0.6 is 0 Å². The number of nitrogens with one attached hydrogen (secondary N) is 1. The highest BCUT2D eigenvalue weighted by atomic mass is 32.2. The molecule has 104 valence electrons. The number of sulfonamides is 1. The molecule has 0 aromatic heterocycles. The molecule has 1 N–H and O–H groups in total. The second-order valence-corrected chi connectivity index (χ2v) is 6.00. The Morgan fingerprint density at radius 3 is 2.79 bits per heavy atom. The highest BCUT2D eigenvalue weighted by Crippen LogP contribution is 2.29. The van der Waals surface area contributed by atoms with Gasteiger partial charge in [0, 0.05) is 19.2 Å². The summed E-state index contributed by atoms with van der Waals surface area (Å²) in [6.45, 7) is 2.18. The van der Waals surface area contributed by atoms with Crippen molar-refractivity contribution < 1.29 is 18.0 Å². The number of rotatable bonds is 3. The van der Waals surface area contributed by atoms with Gasteiger partial charge in [0.2, 0.25) is 5.91 Å². The van der Waals surface area contributed by atoms with Gasteiger partial charge in [0.1, 0.15) is 0 Å². The van der Waals surface area contributed by atoms with Crippen molar-refractivity contribution in [1.29, 1.82) is 0 Å². The Labute approximate surface area is 112 Å². The van der Waals surface area contributed by atoms with E-state index in [1.54, 1.807) is 17.0 Å². The lowest BCUT2D eigenvalue weighted by Gasteiger charge is -2.28. The second-order valence-electron chi connectivity index (χ2n) is 4.36. The monoisotopic (exact) mass is 284 g/mol. The molecule has 0 fully saturated rings. The first kappa shape index (κ1) is 14.0. The zero-order valence-electron chi connectivity index (χ0n) is 10.8. The quantitative estimate of drug-likeness (QED) is 0.834. The first-order valence-corrected chi connectivity index (χ1v) is 7.40. The van der Waals surface area contributed by atoms with Crippen LogP contribution in [-0.2, 0) is 26.1 Å². The van der Waals surface area contributed by atoms with Crippen molar-refractivity contribution in [3.63, 3.8) is 0 Å². The standard InChI is InChI=1S/C12H16N2O4S/c1-9(15)14-7-3-4-10-8-11(5-6-12(10)14)19(16,17)13-18-2/h5-6,8,13H,3-4,7H2,1-2H3. The van der Waals surface area contributed by atoms with E-state index in [1.165, 1.54) is 20.1 Å². The molecule has 1 aliphatic rings. The van der Waals surface area contributed by atoms with Crippen molar-refractivity contribution in [3.05, 3.63) is 23.8 Å². The molecule has 0 atom stereocenters. The Kier molecular flexibility index (Phi) is 3.88. The van der Waals surface area contributed by atoms with Gasteiger partial charge < -0.3 is 4.90 Å². The fourth-order valence-electron chi connectivity index (χ4n) is 2.23. The van der Waals surface area contributed by atoms with Gasteiger partial charge in [0.25, 0.3) is 10.0 Å². The van der Waals surface area contributed by atoms with E-state index >= 15 is 0 Å². The molecule has 0 saturated heterocycles. The van der Waals surface area contributed by atoms with Crippen molar-refractivity contribution in [3.8, 4) is 0 Å². The van der Waals surface area contributed by atoms with Crippen LogP contribution in [0.1, 0.15) is 18.9 Å². The van der Waals surface area contributed by atoms with Gasteiger partial charge in [0.15, 0.2) is 0 Å². The summed E-state index contributed by atoms with van der Waals surface area (Å²) < 4.78 is 23.6. The van der Waals surface area contributed by atoms with Crippen LogP contribution in [0.5, 0.6) is 0 Å². The topological polar surface area (TPSA) is 75.7 Å². The number of fused-ring (bicyclic) bond motifs is 1. The Balaban J connectivity index is 2.42. The van der Waals surface area contributed by atoms with E-state index < -0.39 is 10.0 Å². The molecule has 1 heterocycles. The average molecular weight is 284 g/mol. The Morgan fingerprint density at radius 1 is 1.42 bits per heavy atom. The molecule has 1 aliphatic heterocycles. The molecule has 19 heavy (non-hydrogen) atoms. The number of amides is 1. The predicted molar refractivity (Wildman–Crippen MR) is 70.1 cm³/mol. The molecular formula is C12H16N2O4S. The van der Waals surface area contributed by atoms with Crippen molar-refractivity contribution >= 4 is 21.6 Å². The molecule has 0 unspecified atom stereocenters. The van der Waals surface area contributed by atoms with Crippen LogP contribution in [-0.4, -0.2) is 28.0 Å². The molecule has 0 spiro atoms. The summed E-state index contributed by atoms with van der Waals surface area (Å²) >= 11 is 0. The average Bonchev–Trinajstić information content (AvgIpc) is 2.37. The lowest BCUT2D eigenvalue weighted by Crippen LogP contribution is -2.33. The summed E-state index contributed by atoms with van der Waals surface area (Å²) in [6.07, 6.45) is 1.59. The van der Waals surface area contributed by atoms with Crippen LogP contribution in [0.25, 0.3) is 0 Å². The van der Waals surface area contributed by atoms with Crippen molar-refractivity contribution in [2.45, 2.75) is 24.7 Å². The number of hydrogen-bond acceptors (Lipinski definition) is 4. The van der Waals surface area contributed by atoms with Crippen molar-refractivity contribution in [2.75, 3.05) is 18.6 Å². The molecule has 0 bridgehead atoms. The van der Waals surface area contributed by atoms with Crippen LogP contribution in [0.4, 0.5) is 5.69 Å². The largest absolute Gasteiger partial charge is 0.312 e. The number of aryl methyl sites for hydroxylation is 1. The molecule has 2 rings (SSSR count). The van der Waals surface area contributed by atoms with E-state index in [-0.39, 0.29) is 10.8 Å². The van der Waals surface area contributed by atoms with Crippen LogP contribution in [0.2, 0.25) is 0 Å². The normalized spacial score (nSPS) is 15.2. The molecule has 1 aromatic carbocycles. The third-order valence-electron chi connectivity index (χ3n) is 3.05. The van der Waals surface area contributed by atoms with Gasteiger partial charge in [-0.2, -0.15) is 0 Å². The first-order chi connectivity index (χ1) is 8.95. The summed E-state index contributed by atoms with van der Waals surface area (Å²) in [4.78, 5) is 19.8. The lowest BCUT2D eigenvalue weighted by atomic mass is 10.0. The molecule has 6 nitrogen and oxygen atoms in total. The number of carbonyl (C=O) groups is 1. The van der Waals surface area contributed by atoms with E-state index in [4.69, 9.17) is 0 Å². The van der Waals surface area contributed by atoms with Gasteiger partial charge in [-0.3, -0.25) is 9.63 Å². The Bertz CT molecular complexity index is 598. The minimum Gasteiger partial charge on any atom is -0.312 e. The molecule has 1 amide bonds. The predicted octanol–water partition coefficient (Wildman–Crippen LogP) is 0.825. The van der Waals surface area contributed by atoms with Crippen LogP contribution < -0.4 is 9.79 Å². The number of carbonyl (C=O) groups excluding carboxylic acids is 1. The highest BCUT2D eigenvalue weighted by molar-refractivity contribution is 7.89. The minimum absolute atomic E-state index is 0.0356. The third kappa shape index (κ3) is 2.78. The second kappa shape index (κ2) is 5.28. The molecule has 0 radical (unpaired) electrons. The van der Waals surface area contributed by atoms with Gasteiger partial charge in [-0.25, -0.2) is 8.42 Å². The molecule has 1 aromatic rings. The van der Waals surface area contributed by atoms with E-state index in [0.717, 1.165) is 24.1 Å². The summed E-state index contributed by atoms with van der Waals surface area (Å²) in [5, 5.41) is 0. The van der Waals surface area contributed by atoms with E-state index in [2.05, 4.69) is 4.84 Å². The van der Waals surface area contributed by atoms with Crippen LogP contribution in [0.3, 0.4) is 0 Å². The Hall–Kier alpha value is -1.44.